The van der Waals surface area contributed by atoms with E-state index in [2.05, 4.69) is 20.9 Å². The molecule has 2 aromatic carbocycles. The van der Waals surface area contributed by atoms with Gasteiger partial charge in [0.05, 0.1) is 18.5 Å². The van der Waals surface area contributed by atoms with E-state index in [1.165, 1.54) is 10.8 Å². The molecule has 0 saturated heterocycles. The van der Waals surface area contributed by atoms with Gasteiger partial charge >= 0.3 is 0 Å². The van der Waals surface area contributed by atoms with Crippen LogP contribution >= 0.6 is 23.2 Å². The maximum Gasteiger partial charge on any atom is 0.294 e. The van der Waals surface area contributed by atoms with Gasteiger partial charge in [0.15, 0.2) is 5.82 Å². The molecule has 3 N–H and O–H groups in total. The molecule has 0 radical (unpaired) electrons. The third-order valence-corrected chi connectivity index (χ3v) is 6.12. The van der Waals surface area contributed by atoms with E-state index in [0.717, 1.165) is 24.9 Å². The summed E-state index contributed by atoms with van der Waals surface area (Å²) >= 11 is 12.4. The van der Waals surface area contributed by atoms with Gasteiger partial charge in [-0.25, -0.2) is 4.98 Å². The molecule has 35 heavy (non-hydrogen) atoms. The van der Waals surface area contributed by atoms with Crippen molar-refractivity contribution >= 4 is 40.6 Å². The zero-order chi connectivity index (χ0) is 24.6. The Balaban J connectivity index is 1.61. The van der Waals surface area contributed by atoms with E-state index in [9.17, 15) is 9.59 Å². The molecule has 1 aromatic heterocycles. The third-order valence-electron chi connectivity index (χ3n) is 5.59. The lowest BCUT2D eigenvalue weighted by Gasteiger charge is -2.20. The molecule has 1 amide bonds. The van der Waals surface area contributed by atoms with Crippen LogP contribution in [0, 0.1) is 0 Å². The van der Waals surface area contributed by atoms with E-state index in [1.54, 1.807) is 18.2 Å². The normalized spacial score (nSPS) is 17.3. The first kappa shape index (κ1) is 25.0. The minimum absolute atomic E-state index is 0.0638. The quantitative estimate of drug-likeness (QED) is 0.477. The number of amides is 1. The summed E-state index contributed by atoms with van der Waals surface area (Å²) in [6, 6.07) is 15.0. The molecular weight excluding hydrogens is 489 g/mol. The van der Waals surface area contributed by atoms with E-state index in [-0.39, 0.29) is 23.6 Å². The SMILES string of the molecule is O=C1Cn2c(Cl)cnc(c2=O)N[C@@H](Cc2ccccc2)CNCCCCOc2ccc(Cl)cc2N1. The Morgan fingerprint density at radius 1 is 1.09 bits per heavy atom. The van der Waals surface area contributed by atoms with E-state index in [4.69, 9.17) is 27.9 Å². The summed E-state index contributed by atoms with van der Waals surface area (Å²) in [5.41, 5.74) is 1.10. The number of nitrogens with one attached hydrogen (secondary N) is 3. The van der Waals surface area contributed by atoms with Gasteiger partial charge in [-0.2, -0.15) is 0 Å². The number of rotatable bonds is 2. The number of ether oxygens (including phenoxy) is 1. The van der Waals surface area contributed by atoms with Crippen LogP contribution in [-0.2, 0) is 17.8 Å². The van der Waals surface area contributed by atoms with Crippen molar-refractivity contribution in [2.75, 3.05) is 30.3 Å². The van der Waals surface area contributed by atoms with Crippen molar-refractivity contribution in [1.82, 2.24) is 14.9 Å². The summed E-state index contributed by atoms with van der Waals surface area (Å²) < 4.78 is 7.07. The molecule has 0 saturated carbocycles. The van der Waals surface area contributed by atoms with Crippen LogP contribution in [-0.4, -0.2) is 41.2 Å². The average Bonchev–Trinajstić information content (AvgIpc) is 2.84. The Bertz CT molecular complexity index is 1220. The summed E-state index contributed by atoms with van der Waals surface area (Å²) in [5.74, 6) is 0.213. The zero-order valence-electron chi connectivity index (χ0n) is 19.1. The largest absolute Gasteiger partial charge is 0.491 e. The summed E-state index contributed by atoms with van der Waals surface area (Å²) in [6.07, 6.45) is 3.79. The molecule has 184 valence electrons. The molecule has 2 heterocycles. The lowest BCUT2D eigenvalue weighted by atomic mass is 10.1. The van der Waals surface area contributed by atoms with Crippen molar-refractivity contribution < 1.29 is 9.53 Å². The zero-order valence-corrected chi connectivity index (χ0v) is 20.6. The topological polar surface area (TPSA) is 97.3 Å². The fraction of sp³-hybridized carbons (Fsp3) is 0.320. The molecule has 0 unspecified atom stereocenters. The number of carbonyl (C=O) groups is 1. The van der Waals surface area contributed by atoms with Gasteiger partial charge in [0.25, 0.3) is 5.56 Å². The van der Waals surface area contributed by atoms with Gasteiger partial charge < -0.3 is 20.7 Å². The Morgan fingerprint density at radius 2 is 1.91 bits per heavy atom. The van der Waals surface area contributed by atoms with Gasteiger partial charge in [-0.15, -0.1) is 0 Å². The number of anilines is 2. The third kappa shape index (κ3) is 6.97. The minimum atomic E-state index is -0.474. The van der Waals surface area contributed by atoms with Crippen molar-refractivity contribution in [3.63, 3.8) is 0 Å². The van der Waals surface area contributed by atoms with E-state index in [1.807, 2.05) is 30.3 Å². The number of benzene rings is 2. The number of halogens is 2. The first-order valence-corrected chi connectivity index (χ1v) is 12.2. The first-order valence-electron chi connectivity index (χ1n) is 11.5. The fourth-order valence-corrected chi connectivity index (χ4v) is 4.21. The number of aromatic nitrogens is 2. The monoisotopic (exact) mass is 515 g/mol. The van der Waals surface area contributed by atoms with Crippen LogP contribution in [0.25, 0.3) is 0 Å². The number of fused-ring (bicyclic) bond motifs is 3. The number of hydrogen-bond acceptors (Lipinski definition) is 6. The van der Waals surface area contributed by atoms with Gasteiger partial charge in [0.2, 0.25) is 5.91 Å². The van der Waals surface area contributed by atoms with E-state index < -0.39 is 11.5 Å². The van der Waals surface area contributed by atoms with Crippen LogP contribution in [0.2, 0.25) is 10.2 Å². The summed E-state index contributed by atoms with van der Waals surface area (Å²) in [6.45, 7) is 1.62. The molecule has 1 aliphatic rings. The van der Waals surface area contributed by atoms with Crippen molar-refractivity contribution in [3.8, 4) is 5.75 Å². The molecular formula is C25H27Cl2N5O3. The van der Waals surface area contributed by atoms with Crippen molar-refractivity contribution in [2.45, 2.75) is 31.8 Å². The van der Waals surface area contributed by atoms with Crippen LogP contribution in [0.5, 0.6) is 5.75 Å². The predicted molar refractivity (Wildman–Crippen MR) is 139 cm³/mol. The number of carbonyl (C=O) groups excluding carboxylic acids is 1. The Kier molecular flexibility index (Phi) is 8.63. The highest BCUT2D eigenvalue weighted by Gasteiger charge is 2.18. The average molecular weight is 516 g/mol. The highest BCUT2D eigenvalue weighted by molar-refractivity contribution is 6.31. The summed E-state index contributed by atoms with van der Waals surface area (Å²) in [5, 5.41) is 10.0. The van der Waals surface area contributed by atoms with Gasteiger partial charge in [-0.1, -0.05) is 53.5 Å². The van der Waals surface area contributed by atoms with Crippen molar-refractivity contribution in [3.05, 3.63) is 80.8 Å². The second-order valence-electron chi connectivity index (χ2n) is 8.30. The predicted octanol–water partition coefficient (Wildman–Crippen LogP) is 3.97. The van der Waals surface area contributed by atoms with E-state index >= 15 is 0 Å². The highest BCUT2D eigenvalue weighted by atomic mass is 35.5. The number of nitrogens with zero attached hydrogens (tertiary/aromatic N) is 2. The van der Waals surface area contributed by atoms with Gasteiger partial charge in [0.1, 0.15) is 17.4 Å². The van der Waals surface area contributed by atoms with Crippen molar-refractivity contribution in [2.24, 2.45) is 0 Å². The van der Waals surface area contributed by atoms with Crippen LogP contribution in [0.4, 0.5) is 11.5 Å². The summed E-state index contributed by atoms with van der Waals surface area (Å²) in [4.78, 5) is 30.2. The van der Waals surface area contributed by atoms with Crippen LogP contribution in [0.15, 0.2) is 59.5 Å². The molecule has 2 bridgehead atoms. The molecule has 4 rings (SSSR count). The molecule has 1 atom stereocenters. The Labute approximate surface area is 213 Å². The second kappa shape index (κ2) is 12.1. The van der Waals surface area contributed by atoms with Crippen molar-refractivity contribution in [1.29, 1.82) is 0 Å². The summed E-state index contributed by atoms with van der Waals surface area (Å²) in [7, 11) is 0. The minimum Gasteiger partial charge on any atom is -0.491 e. The molecule has 0 aliphatic carbocycles. The maximum atomic E-state index is 13.2. The Morgan fingerprint density at radius 3 is 2.74 bits per heavy atom. The van der Waals surface area contributed by atoms with Crippen LogP contribution in [0.3, 0.4) is 0 Å². The molecule has 0 spiro atoms. The van der Waals surface area contributed by atoms with Gasteiger partial charge in [-0.05, 0) is 49.6 Å². The van der Waals surface area contributed by atoms with Gasteiger partial charge in [-0.3, -0.25) is 14.2 Å². The molecule has 1 aliphatic heterocycles. The molecule has 10 heteroatoms. The second-order valence-corrected chi connectivity index (χ2v) is 9.12. The first-order chi connectivity index (χ1) is 17.0. The highest BCUT2D eigenvalue weighted by Crippen LogP contribution is 2.28. The molecule has 3 aromatic rings. The molecule has 8 nitrogen and oxygen atoms in total. The van der Waals surface area contributed by atoms with E-state index in [0.29, 0.717) is 36.0 Å². The Hall–Kier alpha value is -3.07. The van der Waals surface area contributed by atoms with Crippen LogP contribution < -0.4 is 26.2 Å². The number of hydrogen-bond donors (Lipinski definition) is 3. The van der Waals surface area contributed by atoms with Gasteiger partial charge in [0, 0.05) is 17.6 Å². The maximum absolute atomic E-state index is 13.2. The molecule has 0 fully saturated rings. The lowest BCUT2D eigenvalue weighted by molar-refractivity contribution is -0.116. The van der Waals surface area contributed by atoms with Crippen LogP contribution in [0.1, 0.15) is 18.4 Å². The lowest BCUT2D eigenvalue weighted by Crippen LogP contribution is -2.38. The standard InChI is InChI=1S/C25H27Cl2N5O3/c26-18-8-9-21-20(13-18)31-23(33)16-32-22(27)15-29-24(25(32)34)30-19(12-17-6-2-1-3-7-17)14-28-10-4-5-11-35-21/h1-3,6-9,13,15,19,28H,4-5,10-12,14,16H2,(H,29,30)(H,31,33)/t19-/m0/s1. The smallest absolute Gasteiger partial charge is 0.294 e. The fourth-order valence-electron chi connectivity index (χ4n) is 3.85.